The molecule has 1 aromatic carbocycles. The van der Waals surface area contributed by atoms with Crippen LogP contribution in [0.2, 0.25) is 0 Å². The zero-order valence-corrected chi connectivity index (χ0v) is 14.1. The van der Waals surface area contributed by atoms with Crippen LogP contribution in [0.15, 0.2) is 24.4 Å². The van der Waals surface area contributed by atoms with Crippen molar-refractivity contribution in [3.8, 4) is 0 Å². The summed E-state index contributed by atoms with van der Waals surface area (Å²) in [5, 5.41) is 11.5. The van der Waals surface area contributed by atoms with Gasteiger partial charge in [-0.1, -0.05) is 36.2 Å². The fourth-order valence-electron chi connectivity index (χ4n) is 2.48. The fourth-order valence-corrected chi connectivity index (χ4v) is 3.43. The lowest BCUT2D eigenvalue weighted by atomic mass is 10.0. The zero-order valence-electron chi connectivity index (χ0n) is 13.3. The lowest BCUT2D eigenvalue weighted by Gasteiger charge is -2.20. The van der Waals surface area contributed by atoms with E-state index in [0.717, 1.165) is 23.5 Å². The Bertz CT molecular complexity index is 574. The second-order valence-electron chi connectivity index (χ2n) is 5.71. The van der Waals surface area contributed by atoms with Crippen LogP contribution in [0.5, 0.6) is 0 Å². The normalized spacial score (nSPS) is 12.9. The van der Waals surface area contributed by atoms with Crippen LogP contribution in [0.4, 0.5) is 0 Å². The summed E-state index contributed by atoms with van der Waals surface area (Å²) in [7, 11) is 2.03. The standard InChI is InChI=1S/C17H24N2OS/c1-5-15-9-18-17(21-15)11-19(4)10-16(20)14-7-12(2)6-13(3)8-14/h6-9,16,20H,5,10-11H2,1-4H3. The van der Waals surface area contributed by atoms with Gasteiger partial charge in [-0.25, -0.2) is 4.98 Å². The Morgan fingerprint density at radius 1 is 1.24 bits per heavy atom. The highest BCUT2D eigenvalue weighted by atomic mass is 32.1. The first kappa shape index (κ1) is 16.1. The summed E-state index contributed by atoms with van der Waals surface area (Å²) in [5.41, 5.74) is 3.38. The highest BCUT2D eigenvalue weighted by molar-refractivity contribution is 7.11. The molecule has 0 radical (unpaired) electrons. The molecule has 0 amide bonds. The minimum absolute atomic E-state index is 0.459. The molecule has 2 aromatic rings. The van der Waals surface area contributed by atoms with Crippen LogP contribution >= 0.6 is 11.3 Å². The highest BCUT2D eigenvalue weighted by Crippen LogP contribution is 2.20. The maximum Gasteiger partial charge on any atom is 0.107 e. The molecule has 2 rings (SSSR count). The number of aliphatic hydroxyl groups excluding tert-OH is 1. The fraction of sp³-hybridized carbons (Fsp3) is 0.471. The molecule has 3 nitrogen and oxygen atoms in total. The number of aryl methyl sites for hydroxylation is 3. The van der Waals surface area contributed by atoms with Gasteiger partial charge in [0.15, 0.2) is 0 Å². The molecule has 0 fully saturated rings. The van der Waals surface area contributed by atoms with E-state index < -0.39 is 6.10 Å². The van der Waals surface area contributed by atoms with E-state index in [-0.39, 0.29) is 0 Å². The van der Waals surface area contributed by atoms with Crippen molar-refractivity contribution < 1.29 is 5.11 Å². The molecule has 1 aromatic heterocycles. The van der Waals surface area contributed by atoms with Crippen molar-refractivity contribution >= 4 is 11.3 Å². The Labute approximate surface area is 131 Å². The van der Waals surface area contributed by atoms with E-state index in [1.54, 1.807) is 11.3 Å². The van der Waals surface area contributed by atoms with Crippen molar-refractivity contribution in [1.82, 2.24) is 9.88 Å². The van der Waals surface area contributed by atoms with Crippen molar-refractivity contribution in [3.05, 3.63) is 51.0 Å². The van der Waals surface area contributed by atoms with Gasteiger partial charge in [-0.2, -0.15) is 0 Å². The van der Waals surface area contributed by atoms with Crippen molar-refractivity contribution in [2.45, 2.75) is 39.8 Å². The van der Waals surface area contributed by atoms with Crippen molar-refractivity contribution in [2.24, 2.45) is 0 Å². The van der Waals surface area contributed by atoms with Crippen molar-refractivity contribution in [1.29, 1.82) is 0 Å². The van der Waals surface area contributed by atoms with Crippen LogP contribution in [0, 0.1) is 13.8 Å². The van der Waals surface area contributed by atoms with Gasteiger partial charge in [0, 0.05) is 17.6 Å². The van der Waals surface area contributed by atoms with Gasteiger partial charge in [0.05, 0.1) is 12.6 Å². The minimum Gasteiger partial charge on any atom is -0.387 e. The molecule has 0 aliphatic carbocycles. The van der Waals surface area contributed by atoms with Gasteiger partial charge in [0.25, 0.3) is 0 Å². The molecule has 1 atom stereocenters. The quantitative estimate of drug-likeness (QED) is 0.887. The molecular formula is C17H24N2OS. The number of thiazole rings is 1. The van der Waals surface area contributed by atoms with Crippen LogP contribution < -0.4 is 0 Å². The van der Waals surface area contributed by atoms with E-state index in [0.29, 0.717) is 6.54 Å². The van der Waals surface area contributed by atoms with E-state index in [1.807, 2.05) is 13.2 Å². The summed E-state index contributed by atoms with van der Waals surface area (Å²) >= 11 is 1.75. The number of hydrogen-bond donors (Lipinski definition) is 1. The van der Waals surface area contributed by atoms with Crippen LogP contribution in [0.25, 0.3) is 0 Å². The summed E-state index contributed by atoms with van der Waals surface area (Å²) in [6.45, 7) is 7.67. The Hall–Kier alpha value is -1.23. The molecule has 1 unspecified atom stereocenters. The predicted molar refractivity (Wildman–Crippen MR) is 88.7 cm³/mol. The topological polar surface area (TPSA) is 36.4 Å². The summed E-state index contributed by atoms with van der Waals surface area (Å²) in [5.74, 6) is 0. The van der Waals surface area contributed by atoms with E-state index >= 15 is 0 Å². The molecule has 0 bridgehead atoms. The monoisotopic (exact) mass is 304 g/mol. The van der Waals surface area contributed by atoms with Crippen LogP contribution in [0.1, 0.15) is 39.6 Å². The smallest absolute Gasteiger partial charge is 0.107 e. The van der Waals surface area contributed by atoms with Crippen LogP contribution in [-0.4, -0.2) is 28.6 Å². The first-order valence-electron chi connectivity index (χ1n) is 7.36. The average molecular weight is 304 g/mol. The highest BCUT2D eigenvalue weighted by Gasteiger charge is 2.13. The molecule has 1 heterocycles. The van der Waals surface area contributed by atoms with E-state index in [2.05, 4.69) is 48.9 Å². The summed E-state index contributed by atoms with van der Waals surface area (Å²) < 4.78 is 0. The lowest BCUT2D eigenvalue weighted by molar-refractivity contribution is 0.123. The van der Waals surface area contributed by atoms with Crippen molar-refractivity contribution in [3.63, 3.8) is 0 Å². The third-order valence-electron chi connectivity index (χ3n) is 3.47. The van der Waals surface area contributed by atoms with Crippen LogP contribution in [0.3, 0.4) is 0 Å². The second-order valence-corrected chi connectivity index (χ2v) is 6.91. The molecule has 0 saturated carbocycles. The summed E-state index contributed by atoms with van der Waals surface area (Å²) in [6, 6.07) is 6.25. The van der Waals surface area contributed by atoms with Gasteiger partial charge in [0.1, 0.15) is 5.01 Å². The van der Waals surface area contributed by atoms with Gasteiger partial charge in [0.2, 0.25) is 0 Å². The Balaban J connectivity index is 1.96. The van der Waals surface area contributed by atoms with Crippen LogP contribution in [-0.2, 0) is 13.0 Å². The van der Waals surface area contributed by atoms with E-state index in [1.165, 1.54) is 16.0 Å². The number of likely N-dealkylation sites (N-methyl/N-ethyl adjacent to an activating group) is 1. The molecular weight excluding hydrogens is 280 g/mol. The van der Waals surface area contributed by atoms with Gasteiger partial charge in [-0.15, -0.1) is 11.3 Å². The number of hydrogen-bond acceptors (Lipinski definition) is 4. The van der Waals surface area contributed by atoms with Gasteiger partial charge < -0.3 is 5.11 Å². The number of aliphatic hydroxyl groups is 1. The number of rotatable bonds is 6. The SMILES string of the molecule is CCc1cnc(CN(C)CC(O)c2cc(C)cc(C)c2)s1. The first-order valence-corrected chi connectivity index (χ1v) is 8.18. The van der Waals surface area contributed by atoms with Gasteiger partial charge >= 0.3 is 0 Å². The molecule has 0 spiro atoms. The molecule has 0 saturated heterocycles. The molecule has 0 aliphatic rings. The van der Waals surface area contributed by atoms with Crippen molar-refractivity contribution in [2.75, 3.05) is 13.6 Å². The third kappa shape index (κ3) is 4.63. The lowest BCUT2D eigenvalue weighted by Crippen LogP contribution is -2.24. The largest absolute Gasteiger partial charge is 0.387 e. The first-order chi connectivity index (χ1) is 9.97. The summed E-state index contributed by atoms with van der Waals surface area (Å²) in [4.78, 5) is 7.87. The Morgan fingerprint density at radius 3 is 2.48 bits per heavy atom. The average Bonchev–Trinajstić information content (AvgIpc) is 2.85. The molecule has 1 N–H and O–H groups in total. The second kappa shape index (κ2) is 7.16. The van der Waals surface area contributed by atoms with Gasteiger partial charge in [-0.05, 0) is 32.9 Å². The number of nitrogens with zero attached hydrogens (tertiary/aromatic N) is 2. The number of aromatic nitrogens is 1. The maximum atomic E-state index is 10.4. The predicted octanol–water partition coefficient (Wildman–Crippen LogP) is 3.49. The maximum absolute atomic E-state index is 10.4. The molecule has 114 valence electrons. The Kier molecular flexibility index (Phi) is 5.51. The number of benzene rings is 1. The molecule has 21 heavy (non-hydrogen) atoms. The minimum atomic E-state index is -0.459. The van der Waals surface area contributed by atoms with E-state index in [4.69, 9.17) is 0 Å². The van der Waals surface area contributed by atoms with Gasteiger partial charge in [-0.3, -0.25) is 4.90 Å². The van der Waals surface area contributed by atoms with E-state index in [9.17, 15) is 5.11 Å². The third-order valence-corrected chi connectivity index (χ3v) is 4.59. The zero-order chi connectivity index (χ0) is 15.4. The Morgan fingerprint density at radius 2 is 1.90 bits per heavy atom. The summed E-state index contributed by atoms with van der Waals surface area (Å²) in [6.07, 6.45) is 2.53. The molecule has 4 heteroatoms. The molecule has 0 aliphatic heterocycles.